The zero-order valence-electron chi connectivity index (χ0n) is 22.8. The first-order valence-corrected chi connectivity index (χ1v) is 12.8. The van der Waals surface area contributed by atoms with Crippen LogP contribution in [0.2, 0.25) is 0 Å². The second kappa shape index (κ2) is 8.06. The van der Waals surface area contributed by atoms with E-state index in [1.54, 1.807) is 19.1 Å². The van der Waals surface area contributed by atoms with Crippen molar-refractivity contribution in [2.75, 3.05) is 5.88 Å². The third-order valence-corrected chi connectivity index (χ3v) is 10.7. The standard InChI is InChI=1S/C27H30Cl2O6/c1-15-11-19-18-7-6-16-12-17(30)8-9-24(16,2)26(18,29)21(31)13-25(19,3)27(15,22(32)14-28)35-23(33)20-5-4-10-34-20/h4-5,8-10,12,15,18-19,21,31H,6-7,11,13-14H2,1-3H3/t15-,18+,19+,21+,24+,25+,26+,27-/m1/s1/i4D,5D,10D. The van der Waals surface area contributed by atoms with Crippen LogP contribution in [0.5, 0.6) is 0 Å². The van der Waals surface area contributed by atoms with Gasteiger partial charge in [-0.05, 0) is 61.8 Å². The Morgan fingerprint density at radius 2 is 2.09 bits per heavy atom. The Labute approximate surface area is 218 Å². The highest BCUT2D eigenvalue weighted by Gasteiger charge is 2.76. The number of furan rings is 1. The van der Waals surface area contributed by atoms with Crippen LogP contribution < -0.4 is 0 Å². The SMILES string of the molecule is [2H]c1oc(C(=O)O[C@@]2(C(=O)CCl)[C@H](C)C[C@H]3[C@@H]4CCC5=CC(=O)C=C[C@]5(C)[C@@]4(Cl)[C@@H](O)C[C@@]32C)c([2H])c1[2H]. The fraction of sp³-hybridized carbons (Fsp3) is 0.593. The zero-order chi connectivity index (χ0) is 28.0. The van der Waals surface area contributed by atoms with Crippen molar-refractivity contribution in [3.05, 3.63) is 47.9 Å². The number of allylic oxidation sites excluding steroid dienone is 4. The number of rotatable bonds is 4. The van der Waals surface area contributed by atoms with Crippen molar-refractivity contribution >= 4 is 40.7 Å². The Bertz CT molecular complexity index is 1310. The minimum atomic E-state index is -1.76. The Kier molecular flexibility index (Phi) is 4.88. The maximum atomic E-state index is 13.7. The van der Waals surface area contributed by atoms with Crippen LogP contribution in [0.4, 0.5) is 0 Å². The monoisotopic (exact) mass is 523 g/mol. The van der Waals surface area contributed by atoms with Gasteiger partial charge in [0.05, 0.1) is 25.8 Å². The summed E-state index contributed by atoms with van der Waals surface area (Å²) in [7, 11) is 0. The predicted molar refractivity (Wildman–Crippen MR) is 130 cm³/mol. The molecule has 1 aromatic rings. The van der Waals surface area contributed by atoms with Gasteiger partial charge in [-0.3, -0.25) is 9.59 Å². The van der Waals surface area contributed by atoms with Gasteiger partial charge < -0.3 is 14.3 Å². The quantitative estimate of drug-likeness (QED) is 0.446. The number of halogens is 2. The predicted octanol–water partition coefficient (Wildman–Crippen LogP) is 4.87. The van der Waals surface area contributed by atoms with Crippen LogP contribution in [0.15, 0.2) is 46.5 Å². The fourth-order valence-electron chi connectivity index (χ4n) is 7.97. The molecule has 0 bridgehead atoms. The van der Waals surface area contributed by atoms with Gasteiger partial charge in [0.15, 0.2) is 17.2 Å². The Morgan fingerprint density at radius 3 is 2.74 bits per heavy atom. The van der Waals surface area contributed by atoms with E-state index in [1.165, 1.54) is 6.08 Å². The maximum absolute atomic E-state index is 13.7. The van der Waals surface area contributed by atoms with Crippen LogP contribution in [0.3, 0.4) is 0 Å². The molecule has 0 unspecified atom stereocenters. The molecule has 0 aromatic carbocycles. The molecule has 0 aliphatic heterocycles. The molecule has 8 atom stereocenters. The number of esters is 1. The highest BCUT2D eigenvalue weighted by Crippen LogP contribution is 2.72. The first kappa shape index (κ1) is 21.2. The van der Waals surface area contributed by atoms with E-state index in [2.05, 4.69) is 0 Å². The van der Waals surface area contributed by atoms with Crippen LogP contribution in [-0.2, 0) is 14.3 Å². The molecule has 8 heteroatoms. The molecule has 1 heterocycles. The lowest BCUT2D eigenvalue weighted by Gasteiger charge is -2.64. The molecule has 5 rings (SSSR count). The van der Waals surface area contributed by atoms with Gasteiger partial charge in [0.2, 0.25) is 5.76 Å². The minimum absolute atomic E-state index is 0.0296. The summed E-state index contributed by atoms with van der Waals surface area (Å²) in [4.78, 5) is 38.0. The van der Waals surface area contributed by atoms with Gasteiger partial charge in [-0.1, -0.05) is 32.4 Å². The Balaban J connectivity index is 1.61. The van der Waals surface area contributed by atoms with Crippen LogP contribution in [0.25, 0.3) is 0 Å². The van der Waals surface area contributed by atoms with E-state index in [9.17, 15) is 19.5 Å². The highest BCUT2D eigenvalue weighted by molar-refractivity contribution is 6.29. The number of aliphatic hydroxyl groups is 1. The van der Waals surface area contributed by atoms with E-state index in [1.807, 2.05) is 13.8 Å². The van der Waals surface area contributed by atoms with Crippen molar-refractivity contribution in [2.45, 2.75) is 63.0 Å². The molecule has 6 nitrogen and oxygen atoms in total. The molecule has 0 saturated heterocycles. The lowest BCUT2D eigenvalue weighted by molar-refractivity contribution is -0.177. The van der Waals surface area contributed by atoms with Crippen molar-refractivity contribution in [2.24, 2.45) is 28.6 Å². The van der Waals surface area contributed by atoms with Gasteiger partial charge in [0, 0.05) is 16.7 Å². The van der Waals surface area contributed by atoms with E-state index >= 15 is 0 Å². The van der Waals surface area contributed by atoms with Gasteiger partial charge in [-0.25, -0.2) is 4.79 Å². The topological polar surface area (TPSA) is 93.8 Å². The molecule has 3 fully saturated rings. The Morgan fingerprint density at radius 1 is 1.34 bits per heavy atom. The molecule has 3 saturated carbocycles. The summed E-state index contributed by atoms with van der Waals surface area (Å²) in [6.07, 6.45) is 4.78. The average Bonchev–Trinajstić information content (AvgIpc) is 3.25. The number of hydrogen-bond acceptors (Lipinski definition) is 6. The third-order valence-electron chi connectivity index (χ3n) is 9.54. The smallest absolute Gasteiger partial charge is 0.375 e. The number of alkyl halides is 2. The molecule has 0 spiro atoms. The van der Waals surface area contributed by atoms with E-state index < -0.39 is 75.0 Å². The second-order valence-corrected chi connectivity index (χ2v) is 11.8. The van der Waals surface area contributed by atoms with Gasteiger partial charge in [0.1, 0.15) is 1.37 Å². The van der Waals surface area contributed by atoms with Crippen LogP contribution in [0, 0.1) is 28.6 Å². The summed E-state index contributed by atoms with van der Waals surface area (Å²) in [6, 6.07) is -1.15. The molecule has 0 amide bonds. The van der Waals surface area contributed by atoms with Gasteiger partial charge in [-0.15, -0.1) is 23.2 Å². The largest absolute Gasteiger partial charge is 0.457 e. The normalized spacial score (nSPS) is 45.4. The summed E-state index contributed by atoms with van der Waals surface area (Å²) >= 11 is 13.6. The van der Waals surface area contributed by atoms with Crippen molar-refractivity contribution in [3.8, 4) is 0 Å². The van der Waals surface area contributed by atoms with Gasteiger partial charge >= 0.3 is 5.97 Å². The minimum Gasteiger partial charge on any atom is -0.457 e. The highest BCUT2D eigenvalue weighted by atomic mass is 35.5. The van der Waals surface area contributed by atoms with Crippen molar-refractivity contribution in [1.82, 2.24) is 0 Å². The molecule has 35 heavy (non-hydrogen) atoms. The molecule has 1 aromatic heterocycles. The van der Waals surface area contributed by atoms with E-state index in [0.717, 1.165) is 5.57 Å². The molecule has 0 radical (unpaired) electrons. The summed E-state index contributed by atoms with van der Waals surface area (Å²) in [6.45, 7) is 5.56. The Hall–Kier alpha value is -1.89. The molecular formula is C27H30Cl2O6. The fourth-order valence-corrected chi connectivity index (χ4v) is 8.69. The van der Waals surface area contributed by atoms with Crippen molar-refractivity contribution < 1.29 is 32.8 Å². The van der Waals surface area contributed by atoms with E-state index in [4.69, 9.17) is 36.5 Å². The lowest BCUT2D eigenvalue weighted by Crippen LogP contribution is -2.69. The number of Topliss-reactive ketones (excluding diaryl/α,β-unsaturated/α-hetero) is 1. The first-order chi connectivity index (χ1) is 17.7. The lowest BCUT2D eigenvalue weighted by atomic mass is 9.45. The number of hydrogen-bond donors (Lipinski definition) is 1. The molecule has 188 valence electrons. The maximum Gasteiger partial charge on any atom is 0.375 e. The van der Waals surface area contributed by atoms with Crippen LogP contribution in [0.1, 0.15) is 61.1 Å². The number of carbonyl (C=O) groups excluding carboxylic acids is 3. The number of ether oxygens (including phenoxy) is 1. The number of ketones is 2. The third kappa shape index (κ3) is 3.02. The molecule has 4 aliphatic rings. The second-order valence-electron chi connectivity index (χ2n) is 10.9. The zero-order valence-corrected chi connectivity index (χ0v) is 21.3. The summed E-state index contributed by atoms with van der Waals surface area (Å²) in [5.74, 6) is -3.86. The molecule has 1 N–H and O–H groups in total. The first-order valence-electron chi connectivity index (χ1n) is 13.4. The van der Waals surface area contributed by atoms with Gasteiger partial charge in [-0.2, -0.15) is 0 Å². The van der Waals surface area contributed by atoms with Crippen LogP contribution >= 0.6 is 23.2 Å². The van der Waals surface area contributed by atoms with E-state index in [-0.39, 0.29) is 24.0 Å². The van der Waals surface area contributed by atoms with Gasteiger partial charge in [0.25, 0.3) is 0 Å². The van der Waals surface area contributed by atoms with Crippen molar-refractivity contribution in [1.29, 1.82) is 0 Å². The van der Waals surface area contributed by atoms with E-state index in [0.29, 0.717) is 19.3 Å². The average molecular weight is 524 g/mol. The number of carbonyl (C=O) groups is 3. The summed E-state index contributed by atoms with van der Waals surface area (Å²) < 4.78 is 34.5. The molecular weight excluding hydrogens is 491 g/mol. The van der Waals surface area contributed by atoms with Crippen LogP contribution in [-0.4, -0.2) is 45.1 Å². The molecule has 4 aliphatic carbocycles. The van der Waals surface area contributed by atoms with Crippen molar-refractivity contribution in [3.63, 3.8) is 0 Å². The number of fused-ring (bicyclic) bond motifs is 5. The summed E-state index contributed by atoms with van der Waals surface area (Å²) in [5.41, 5.74) is -2.73. The summed E-state index contributed by atoms with van der Waals surface area (Å²) in [5, 5.41) is 11.8. The number of aliphatic hydroxyl groups excluding tert-OH is 1.